The van der Waals surface area contributed by atoms with E-state index in [0.29, 0.717) is 5.13 Å². The minimum atomic E-state index is -3.70. The van der Waals surface area contributed by atoms with Gasteiger partial charge in [-0.3, -0.25) is 10.1 Å². The molecular weight excluding hydrogens is 406 g/mol. The van der Waals surface area contributed by atoms with Crippen LogP contribution in [0.1, 0.15) is 22.8 Å². The number of benzene rings is 2. The average molecular weight is 428 g/mol. The first-order valence-electron chi connectivity index (χ1n) is 8.99. The van der Waals surface area contributed by atoms with Crippen molar-refractivity contribution in [2.45, 2.75) is 18.2 Å². The van der Waals surface area contributed by atoms with Crippen LogP contribution in [0.3, 0.4) is 0 Å². The van der Waals surface area contributed by atoms with E-state index in [1.807, 2.05) is 17.5 Å². The van der Waals surface area contributed by atoms with Gasteiger partial charge >= 0.3 is 0 Å². The van der Waals surface area contributed by atoms with Crippen LogP contribution in [-0.4, -0.2) is 25.9 Å². The molecule has 3 aromatic rings. The molecule has 0 saturated heterocycles. The number of sulfonamides is 1. The Balaban J connectivity index is 1.74. The Morgan fingerprint density at radius 2 is 1.97 bits per heavy atom. The van der Waals surface area contributed by atoms with E-state index in [9.17, 15) is 13.2 Å². The van der Waals surface area contributed by atoms with Crippen molar-refractivity contribution in [2.75, 3.05) is 11.9 Å². The van der Waals surface area contributed by atoms with Crippen LogP contribution in [0.4, 0.5) is 5.13 Å². The first kappa shape index (κ1) is 20.9. The van der Waals surface area contributed by atoms with Gasteiger partial charge in [-0.2, -0.15) is 0 Å². The molecule has 2 aromatic carbocycles. The Morgan fingerprint density at radius 3 is 2.66 bits per heavy atom. The molecule has 2 N–H and O–H groups in total. The Morgan fingerprint density at radius 1 is 1.21 bits per heavy atom. The number of nitrogens with one attached hydrogen (secondary N) is 2. The Hall–Kier alpha value is -2.81. The normalized spacial score (nSPS) is 11.2. The van der Waals surface area contributed by atoms with E-state index >= 15 is 0 Å². The molecule has 1 aromatic heterocycles. The maximum Gasteiger partial charge on any atom is 0.257 e. The lowest BCUT2D eigenvalue weighted by molar-refractivity contribution is 0.102. The number of hydrogen-bond acceptors (Lipinski definition) is 5. The van der Waals surface area contributed by atoms with Crippen LogP contribution >= 0.6 is 11.3 Å². The molecule has 0 atom stereocenters. The molecule has 0 aliphatic rings. The van der Waals surface area contributed by atoms with Crippen LogP contribution in [-0.2, 0) is 16.4 Å². The fourth-order valence-electron chi connectivity index (χ4n) is 2.60. The van der Waals surface area contributed by atoms with Crippen LogP contribution in [0.5, 0.6) is 0 Å². The molecule has 0 radical (unpaired) electrons. The number of thiazole rings is 1. The Kier molecular flexibility index (Phi) is 6.58. The van der Waals surface area contributed by atoms with Gasteiger partial charge in [-0.05, 0) is 30.2 Å². The number of hydrogen-bond donors (Lipinski definition) is 2. The maximum absolute atomic E-state index is 12.6. The molecule has 0 saturated carbocycles. The van der Waals surface area contributed by atoms with Gasteiger partial charge in [0.05, 0.1) is 10.6 Å². The van der Waals surface area contributed by atoms with E-state index < -0.39 is 15.9 Å². The van der Waals surface area contributed by atoms with Gasteiger partial charge in [0.1, 0.15) is 0 Å². The monoisotopic (exact) mass is 427 g/mol. The van der Waals surface area contributed by atoms with Crippen molar-refractivity contribution in [3.8, 4) is 11.3 Å². The number of rotatable bonds is 8. The topological polar surface area (TPSA) is 88.2 Å². The van der Waals surface area contributed by atoms with Crippen molar-refractivity contribution in [3.63, 3.8) is 0 Å². The predicted molar refractivity (Wildman–Crippen MR) is 117 cm³/mol. The highest BCUT2D eigenvalue weighted by Gasteiger charge is 2.16. The summed E-state index contributed by atoms with van der Waals surface area (Å²) in [5.41, 5.74) is 3.23. The molecule has 0 spiro atoms. The minimum absolute atomic E-state index is 0.0165. The highest BCUT2D eigenvalue weighted by molar-refractivity contribution is 7.89. The average Bonchev–Trinajstić information content (AvgIpc) is 3.21. The Labute approximate surface area is 174 Å². The predicted octanol–water partition coefficient (Wildman–Crippen LogP) is 4.09. The van der Waals surface area contributed by atoms with Gasteiger partial charge in [0, 0.05) is 23.1 Å². The van der Waals surface area contributed by atoms with Gasteiger partial charge in [0.2, 0.25) is 10.0 Å². The second-order valence-corrected chi connectivity index (χ2v) is 8.84. The SMILES string of the molecule is C=CCNS(=O)(=O)c1cccc(C(=O)Nc2nc(-c3ccc(CC)cc3)cs2)c1. The molecule has 0 fully saturated rings. The van der Waals surface area contributed by atoms with E-state index in [2.05, 4.69) is 40.7 Å². The van der Waals surface area contributed by atoms with Gasteiger partial charge in [0.15, 0.2) is 5.13 Å². The summed E-state index contributed by atoms with van der Waals surface area (Å²) >= 11 is 1.31. The highest BCUT2D eigenvalue weighted by atomic mass is 32.2. The van der Waals surface area contributed by atoms with Crippen molar-refractivity contribution in [2.24, 2.45) is 0 Å². The van der Waals surface area contributed by atoms with Crippen molar-refractivity contribution >= 4 is 32.4 Å². The minimum Gasteiger partial charge on any atom is -0.298 e. The quantitative estimate of drug-likeness (QED) is 0.530. The summed E-state index contributed by atoms with van der Waals surface area (Å²) in [5.74, 6) is -0.423. The van der Waals surface area contributed by atoms with Crippen molar-refractivity contribution in [1.82, 2.24) is 9.71 Å². The van der Waals surface area contributed by atoms with Crippen LogP contribution in [0.15, 0.2) is 71.5 Å². The lowest BCUT2D eigenvalue weighted by atomic mass is 10.1. The third-order valence-corrected chi connectivity index (χ3v) is 6.39. The molecule has 1 heterocycles. The summed E-state index contributed by atoms with van der Waals surface area (Å²) in [6.07, 6.45) is 2.42. The third-order valence-electron chi connectivity index (χ3n) is 4.21. The second kappa shape index (κ2) is 9.13. The molecule has 29 heavy (non-hydrogen) atoms. The molecule has 1 amide bonds. The van der Waals surface area contributed by atoms with Gasteiger partial charge in [-0.15, -0.1) is 17.9 Å². The van der Waals surface area contributed by atoms with Gasteiger partial charge < -0.3 is 0 Å². The van der Waals surface area contributed by atoms with Crippen LogP contribution in [0.25, 0.3) is 11.3 Å². The highest BCUT2D eigenvalue weighted by Crippen LogP contribution is 2.25. The lowest BCUT2D eigenvalue weighted by Gasteiger charge is -2.07. The fourth-order valence-corrected chi connectivity index (χ4v) is 4.36. The van der Waals surface area contributed by atoms with Crippen molar-refractivity contribution < 1.29 is 13.2 Å². The molecule has 150 valence electrons. The number of carbonyl (C=O) groups is 1. The maximum atomic E-state index is 12.6. The Bertz CT molecular complexity index is 1120. The van der Waals surface area contributed by atoms with E-state index in [1.54, 1.807) is 6.07 Å². The summed E-state index contributed by atoms with van der Waals surface area (Å²) in [4.78, 5) is 17.0. The molecule has 0 bridgehead atoms. The number of anilines is 1. The zero-order valence-electron chi connectivity index (χ0n) is 15.9. The first-order valence-corrected chi connectivity index (χ1v) is 11.4. The van der Waals surface area contributed by atoms with Crippen molar-refractivity contribution in [1.29, 1.82) is 0 Å². The van der Waals surface area contributed by atoms with E-state index in [-0.39, 0.29) is 17.0 Å². The van der Waals surface area contributed by atoms with E-state index in [0.717, 1.165) is 17.7 Å². The molecule has 0 unspecified atom stereocenters. The fraction of sp³-hybridized carbons (Fsp3) is 0.143. The molecular formula is C21H21N3O3S2. The molecule has 8 heteroatoms. The summed E-state index contributed by atoms with van der Waals surface area (Å²) in [7, 11) is -3.70. The molecule has 6 nitrogen and oxygen atoms in total. The van der Waals surface area contributed by atoms with Crippen LogP contribution in [0.2, 0.25) is 0 Å². The zero-order chi connectivity index (χ0) is 20.9. The van der Waals surface area contributed by atoms with Crippen molar-refractivity contribution in [3.05, 3.63) is 77.7 Å². The first-order chi connectivity index (χ1) is 13.9. The lowest BCUT2D eigenvalue weighted by Crippen LogP contribution is -2.24. The standard InChI is InChI=1S/C21H21N3O3S2/c1-3-12-22-29(26,27)18-7-5-6-17(13-18)20(25)24-21-23-19(14-28-21)16-10-8-15(4-2)9-11-16/h3,5-11,13-14,22H,1,4,12H2,2H3,(H,23,24,25). The molecule has 0 aliphatic carbocycles. The third kappa shape index (κ3) is 5.17. The number of amides is 1. The van der Waals surface area contributed by atoms with Crippen LogP contribution in [0, 0.1) is 0 Å². The van der Waals surface area contributed by atoms with E-state index in [4.69, 9.17) is 0 Å². The molecule has 0 aliphatic heterocycles. The van der Waals surface area contributed by atoms with Gasteiger partial charge in [0.25, 0.3) is 5.91 Å². The van der Waals surface area contributed by atoms with Gasteiger partial charge in [-0.25, -0.2) is 18.1 Å². The number of aromatic nitrogens is 1. The zero-order valence-corrected chi connectivity index (χ0v) is 17.5. The summed E-state index contributed by atoms with van der Waals surface area (Å²) < 4.78 is 26.8. The molecule has 3 rings (SSSR count). The summed E-state index contributed by atoms with van der Waals surface area (Å²) in [6.45, 7) is 5.70. The van der Waals surface area contributed by atoms with Crippen LogP contribution < -0.4 is 10.0 Å². The van der Waals surface area contributed by atoms with E-state index in [1.165, 1.54) is 41.2 Å². The summed E-state index contributed by atoms with van der Waals surface area (Å²) in [5, 5.41) is 5.05. The smallest absolute Gasteiger partial charge is 0.257 e. The summed E-state index contributed by atoms with van der Waals surface area (Å²) in [6, 6.07) is 14.0. The number of nitrogens with zero attached hydrogens (tertiary/aromatic N) is 1. The number of aryl methyl sites for hydroxylation is 1. The second-order valence-electron chi connectivity index (χ2n) is 6.21. The largest absolute Gasteiger partial charge is 0.298 e. The van der Waals surface area contributed by atoms with Gasteiger partial charge in [-0.1, -0.05) is 43.3 Å². The number of carbonyl (C=O) groups excluding carboxylic acids is 1.